The van der Waals surface area contributed by atoms with E-state index in [9.17, 15) is 0 Å². The molecule has 0 aliphatic carbocycles. The van der Waals surface area contributed by atoms with Gasteiger partial charge in [0.1, 0.15) is 0 Å². The highest BCUT2D eigenvalue weighted by molar-refractivity contribution is 6.30. The maximum atomic E-state index is 5.97. The Hall–Kier alpha value is -1.71. The summed E-state index contributed by atoms with van der Waals surface area (Å²) in [6, 6.07) is 16.6. The summed E-state index contributed by atoms with van der Waals surface area (Å²) in [4.78, 5) is 9.38. The van der Waals surface area contributed by atoms with Crippen molar-refractivity contribution < 1.29 is 13.8 Å². The minimum atomic E-state index is 0. The van der Waals surface area contributed by atoms with E-state index in [4.69, 9.17) is 16.6 Å². The van der Waals surface area contributed by atoms with E-state index >= 15 is 0 Å². The monoisotopic (exact) mass is 333 g/mol. The molecule has 4 rings (SSSR count). The lowest BCUT2D eigenvalue weighted by atomic mass is 10.2. The molecule has 2 aromatic rings. The first-order valence-corrected chi connectivity index (χ1v) is 7.64. The Morgan fingerprint density at radius 2 is 1.77 bits per heavy atom. The standard InChI is InChI=1S/C17H16ClN3.ClH/c18-14-8-6-13(7-9-14)12-21-16-5-2-1-4-15(16)20-11-3-10-19-17(20)21;/h1-2,4-9H,3,10-12H2;1H. The number of hydrogen-bond donors (Lipinski definition) is 0. The SMILES string of the molecule is Clc1ccc(CN2C3=NCCCN3c3ccccc32)cc1.[Cl-].[H+]. The summed E-state index contributed by atoms with van der Waals surface area (Å²) in [5.41, 5.74) is 3.75. The smallest absolute Gasteiger partial charge is 1.00 e. The van der Waals surface area contributed by atoms with Crippen LogP contribution in [-0.4, -0.2) is 19.0 Å². The molecular formula is C17H17Cl2N3. The summed E-state index contributed by atoms with van der Waals surface area (Å²) < 4.78 is 0. The molecule has 0 atom stereocenters. The third kappa shape index (κ3) is 2.55. The molecule has 5 heteroatoms. The summed E-state index contributed by atoms with van der Waals surface area (Å²) in [7, 11) is 0. The molecule has 2 aliphatic heterocycles. The van der Waals surface area contributed by atoms with Gasteiger partial charge in [0, 0.05) is 18.1 Å². The van der Waals surface area contributed by atoms with Crippen molar-refractivity contribution in [2.75, 3.05) is 22.9 Å². The number of fused-ring (bicyclic) bond motifs is 3. The van der Waals surface area contributed by atoms with Gasteiger partial charge in [-0.3, -0.25) is 4.99 Å². The first-order chi connectivity index (χ1) is 10.3. The lowest BCUT2D eigenvalue weighted by Gasteiger charge is -2.26. The molecule has 2 aromatic carbocycles. The Balaban J connectivity index is 0.000000960. The summed E-state index contributed by atoms with van der Waals surface area (Å²) >= 11 is 5.97. The lowest BCUT2D eigenvalue weighted by molar-refractivity contribution is -0.00000402. The summed E-state index contributed by atoms with van der Waals surface area (Å²) in [6.07, 6.45) is 1.12. The Labute approximate surface area is 143 Å². The number of hydrogen-bond acceptors (Lipinski definition) is 3. The molecule has 0 saturated heterocycles. The molecule has 0 aromatic heterocycles. The van der Waals surface area contributed by atoms with Crippen LogP contribution in [0.5, 0.6) is 0 Å². The van der Waals surface area contributed by atoms with Gasteiger partial charge < -0.3 is 22.2 Å². The third-order valence-corrected chi connectivity index (χ3v) is 4.25. The van der Waals surface area contributed by atoms with E-state index in [1.54, 1.807) is 0 Å². The summed E-state index contributed by atoms with van der Waals surface area (Å²) in [5.74, 6) is 1.08. The van der Waals surface area contributed by atoms with Gasteiger partial charge in [-0.1, -0.05) is 35.9 Å². The van der Waals surface area contributed by atoms with Crippen LogP contribution in [0.1, 0.15) is 13.4 Å². The normalized spacial score (nSPS) is 15.8. The van der Waals surface area contributed by atoms with Crippen molar-refractivity contribution in [3.05, 3.63) is 59.1 Å². The zero-order chi connectivity index (χ0) is 14.2. The quantitative estimate of drug-likeness (QED) is 0.817. The van der Waals surface area contributed by atoms with Gasteiger partial charge in [-0.15, -0.1) is 0 Å². The van der Waals surface area contributed by atoms with E-state index in [0.717, 1.165) is 37.0 Å². The fourth-order valence-corrected chi connectivity index (χ4v) is 3.14. The van der Waals surface area contributed by atoms with Gasteiger partial charge in [-0.05, 0) is 36.2 Å². The minimum Gasteiger partial charge on any atom is -1.00 e. The van der Waals surface area contributed by atoms with E-state index < -0.39 is 0 Å². The molecule has 0 spiro atoms. The Morgan fingerprint density at radius 1 is 1.05 bits per heavy atom. The number of rotatable bonds is 2. The van der Waals surface area contributed by atoms with Crippen molar-refractivity contribution in [3.63, 3.8) is 0 Å². The second-order valence-electron chi connectivity index (χ2n) is 5.39. The van der Waals surface area contributed by atoms with E-state index in [2.05, 4.69) is 46.2 Å². The van der Waals surface area contributed by atoms with Crippen LogP contribution in [0, 0.1) is 0 Å². The van der Waals surface area contributed by atoms with Crippen molar-refractivity contribution in [3.8, 4) is 0 Å². The molecule has 0 radical (unpaired) electrons. The number of aliphatic imine (C=N–C) groups is 1. The first-order valence-electron chi connectivity index (χ1n) is 7.26. The second kappa shape index (κ2) is 6.19. The van der Waals surface area contributed by atoms with Crippen LogP contribution in [0.4, 0.5) is 11.4 Å². The average Bonchev–Trinajstić information content (AvgIpc) is 2.85. The number of guanidine groups is 1. The molecular weight excluding hydrogens is 317 g/mol. The van der Waals surface area contributed by atoms with Gasteiger partial charge in [0.25, 0.3) is 0 Å². The lowest BCUT2D eigenvalue weighted by Crippen LogP contribution is -3.00. The second-order valence-corrected chi connectivity index (χ2v) is 5.82. The van der Waals surface area contributed by atoms with Crippen molar-refractivity contribution >= 4 is 28.9 Å². The summed E-state index contributed by atoms with van der Waals surface area (Å²) in [6.45, 7) is 2.79. The number of nitrogens with zero attached hydrogens (tertiary/aromatic N) is 3. The zero-order valence-corrected chi connectivity index (χ0v) is 13.6. The molecule has 0 N–H and O–H groups in total. The van der Waals surface area contributed by atoms with E-state index in [1.165, 1.54) is 16.9 Å². The molecule has 2 heterocycles. The van der Waals surface area contributed by atoms with Crippen molar-refractivity contribution in [1.82, 2.24) is 0 Å². The number of benzene rings is 2. The van der Waals surface area contributed by atoms with E-state index in [-0.39, 0.29) is 13.8 Å². The van der Waals surface area contributed by atoms with E-state index in [0.29, 0.717) is 0 Å². The molecule has 3 nitrogen and oxygen atoms in total. The van der Waals surface area contributed by atoms with Crippen molar-refractivity contribution in [2.24, 2.45) is 4.99 Å². The molecule has 0 fully saturated rings. The van der Waals surface area contributed by atoms with Crippen LogP contribution in [0.2, 0.25) is 5.02 Å². The molecule has 2 aliphatic rings. The van der Waals surface area contributed by atoms with Gasteiger partial charge in [0.15, 0.2) is 0 Å². The van der Waals surface area contributed by atoms with Crippen LogP contribution < -0.4 is 22.2 Å². The fourth-order valence-electron chi connectivity index (χ4n) is 3.01. The Morgan fingerprint density at radius 3 is 2.55 bits per heavy atom. The van der Waals surface area contributed by atoms with E-state index in [1.807, 2.05) is 12.1 Å². The number of para-hydroxylation sites is 2. The van der Waals surface area contributed by atoms with Gasteiger partial charge in [-0.2, -0.15) is 0 Å². The highest BCUT2D eigenvalue weighted by atomic mass is 35.5. The van der Waals surface area contributed by atoms with Crippen LogP contribution in [0.25, 0.3) is 0 Å². The predicted molar refractivity (Wildman–Crippen MR) is 89.5 cm³/mol. The van der Waals surface area contributed by atoms with Crippen LogP contribution >= 0.6 is 11.6 Å². The van der Waals surface area contributed by atoms with Gasteiger partial charge >= 0.3 is 1.43 Å². The molecule has 0 unspecified atom stereocenters. The topological polar surface area (TPSA) is 18.8 Å². The Bertz CT molecular complexity index is 703. The molecule has 22 heavy (non-hydrogen) atoms. The maximum Gasteiger partial charge on any atom is 1.00 e. The molecule has 0 bridgehead atoms. The largest absolute Gasteiger partial charge is 1.00 e. The first kappa shape index (κ1) is 15.2. The molecule has 0 amide bonds. The van der Waals surface area contributed by atoms with Crippen LogP contribution in [0.15, 0.2) is 53.5 Å². The van der Waals surface area contributed by atoms with Crippen LogP contribution in [0.3, 0.4) is 0 Å². The zero-order valence-electron chi connectivity index (χ0n) is 13.0. The summed E-state index contributed by atoms with van der Waals surface area (Å²) in [5, 5.41) is 0.775. The molecule has 114 valence electrons. The minimum absolute atomic E-state index is 0. The fraction of sp³-hybridized carbons (Fsp3) is 0.235. The highest BCUT2D eigenvalue weighted by Gasteiger charge is 2.33. The van der Waals surface area contributed by atoms with Gasteiger partial charge in [0.05, 0.1) is 17.9 Å². The van der Waals surface area contributed by atoms with Gasteiger partial charge in [-0.25, -0.2) is 0 Å². The van der Waals surface area contributed by atoms with Crippen molar-refractivity contribution in [2.45, 2.75) is 13.0 Å². The third-order valence-electron chi connectivity index (χ3n) is 3.99. The predicted octanol–water partition coefficient (Wildman–Crippen LogP) is 1.04. The Kier molecular flexibility index (Phi) is 4.27. The number of anilines is 2. The van der Waals surface area contributed by atoms with Crippen molar-refractivity contribution in [1.29, 1.82) is 0 Å². The molecule has 0 saturated carbocycles. The highest BCUT2D eigenvalue weighted by Crippen LogP contribution is 2.39. The van der Waals surface area contributed by atoms with Gasteiger partial charge in [0.2, 0.25) is 5.96 Å². The van der Waals surface area contributed by atoms with Crippen LogP contribution in [-0.2, 0) is 6.54 Å². The number of halogens is 2. The average molecular weight is 334 g/mol. The maximum absolute atomic E-state index is 5.97.